The van der Waals surface area contributed by atoms with Gasteiger partial charge in [-0.2, -0.15) is 0 Å². The van der Waals surface area contributed by atoms with Crippen molar-refractivity contribution < 1.29 is 8.78 Å². The molecule has 98 valence electrons. The monoisotopic (exact) mass is 251 g/mol. The Hall–Kier alpha value is -0.960. The van der Waals surface area contributed by atoms with E-state index in [1.54, 1.807) is 12.1 Å². The van der Waals surface area contributed by atoms with E-state index >= 15 is 0 Å². The average Bonchev–Trinajstić information content (AvgIpc) is 2.87. The Bertz CT molecular complexity index is 436. The van der Waals surface area contributed by atoms with E-state index in [-0.39, 0.29) is 5.56 Å². The van der Waals surface area contributed by atoms with E-state index < -0.39 is 11.8 Å². The molecule has 2 aliphatic rings. The minimum Gasteiger partial charge on any atom is -0.316 e. The molecule has 1 unspecified atom stereocenters. The fourth-order valence-electron chi connectivity index (χ4n) is 3.18. The van der Waals surface area contributed by atoms with Crippen molar-refractivity contribution in [3.8, 4) is 0 Å². The molecular weight excluding hydrogens is 232 g/mol. The maximum atomic E-state index is 14.5. The predicted octanol–water partition coefficient (Wildman–Crippen LogP) is 3.27. The van der Waals surface area contributed by atoms with Crippen LogP contribution >= 0.6 is 0 Å². The highest BCUT2D eigenvalue weighted by Gasteiger charge is 2.41. The molecule has 0 saturated carbocycles. The maximum absolute atomic E-state index is 14.5. The van der Waals surface area contributed by atoms with Gasteiger partial charge in [0.25, 0.3) is 5.92 Å². The van der Waals surface area contributed by atoms with Gasteiger partial charge in [-0.05, 0) is 55.8 Å². The predicted molar refractivity (Wildman–Crippen MR) is 68.0 cm³/mol. The molecule has 1 aliphatic heterocycles. The number of hydrogen-bond acceptors (Lipinski definition) is 1. The van der Waals surface area contributed by atoms with Crippen molar-refractivity contribution in [2.45, 2.75) is 38.0 Å². The third-order valence-corrected chi connectivity index (χ3v) is 4.29. The number of rotatable bonds is 2. The number of halogens is 2. The van der Waals surface area contributed by atoms with E-state index in [4.69, 9.17) is 0 Å². The Morgan fingerprint density at radius 3 is 2.72 bits per heavy atom. The topological polar surface area (TPSA) is 12.0 Å². The summed E-state index contributed by atoms with van der Waals surface area (Å²) in [7, 11) is 0. The maximum Gasteiger partial charge on any atom is 0.277 e. The molecule has 18 heavy (non-hydrogen) atoms. The van der Waals surface area contributed by atoms with Crippen LogP contribution in [0.2, 0.25) is 0 Å². The number of hydrogen-bond donors (Lipinski definition) is 1. The lowest BCUT2D eigenvalue weighted by atomic mass is 9.87. The van der Waals surface area contributed by atoms with Gasteiger partial charge in [0, 0.05) is 18.0 Å². The molecule has 1 atom stereocenters. The van der Waals surface area contributed by atoms with Crippen molar-refractivity contribution >= 4 is 0 Å². The lowest BCUT2D eigenvalue weighted by molar-refractivity contribution is -0.0725. The molecule has 1 aromatic carbocycles. The van der Waals surface area contributed by atoms with Gasteiger partial charge in [0.05, 0.1) is 0 Å². The van der Waals surface area contributed by atoms with Crippen molar-refractivity contribution in [3.63, 3.8) is 0 Å². The Labute approximate surface area is 107 Å². The average molecular weight is 251 g/mol. The first-order valence-corrected chi connectivity index (χ1v) is 6.89. The molecule has 1 heterocycles. The molecule has 0 bridgehead atoms. The Morgan fingerprint density at radius 2 is 1.94 bits per heavy atom. The molecule has 3 heteroatoms. The van der Waals surface area contributed by atoms with Crippen LogP contribution in [-0.2, 0) is 18.8 Å². The third-order valence-electron chi connectivity index (χ3n) is 4.29. The fourth-order valence-corrected chi connectivity index (χ4v) is 3.18. The minimum absolute atomic E-state index is 0.219. The van der Waals surface area contributed by atoms with Crippen LogP contribution in [0.5, 0.6) is 0 Å². The zero-order valence-electron chi connectivity index (χ0n) is 10.5. The van der Waals surface area contributed by atoms with Crippen molar-refractivity contribution in [2.75, 3.05) is 13.1 Å². The van der Waals surface area contributed by atoms with Crippen molar-refractivity contribution in [1.82, 2.24) is 5.32 Å². The number of fused-ring (bicyclic) bond motifs is 1. The normalized spacial score (nSPS) is 24.0. The molecule has 0 radical (unpaired) electrons. The number of nitrogens with one attached hydrogen (secondary N) is 1. The van der Waals surface area contributed by atoms with Gasteiger partial charge in [-0.3, -0.25) is 0 Å². The zero-order valence-corrected chi connectivity index (χ0v) is 10.5. The van der Waals surface area contributed by atoms with Gasteiger partial charge in [0.15, 0.2) is 0 Å². The second-order valence-corrected chi connectivity index (χ2v) is 5.50. The SMILES string of the molecule is FC(F)(c1ccc2c(c1)CCC2)C1CCCNC1. The molecule has 1 aromatic rings. The van der Waals surface area contributed by atoms with Crippen molar-refractivity contribution in [3.05, 3.63) is 34.9 Å². The fraction of sp³-hybridized carbons (Fsp3) is 0.600. The summed E-state index contributed by atoms with van der Waals surface area (Å²) in [6, 6.07) is 5.29. The summed E-state index contributed by atoms with van der Waals surface area (Å²) < 4.78 is 28.9. The van der Waals surface area contributed by atoms with E-state index in [2.05, 4.69) is 5.32 Å². The quantitative estimate of drug-likeness (QED) is 0.850. The van der Waals surface area contributed by atoms with Gasteiger partial charge in [0.1, 0.15) is 0 Å². The van der Waals surface area contributed by atoms with Gasteiger partial charge in [-0.25, -0.2) is 8.78 Å². The molecule has 1 saturated heterocycles. The zero-order chi connectivity index (χ0) is 12.6. The number of aryl methyl sites for hydroxylation is 2. The molecule has 1 nitrogen and oxygen atoms in total. The first-order valence-electron chi connectivity index (χ1n) is 6.89. The molecule has 0 aromatic heterocycles. The lowest BCUT2D eigenvalue weighted by Gasteiger charge is -2.31. The van der Waals surface area contributed by atoms with Gasteiger partial charge in [-0.1, -0.05) is 12.1 Å². The lowest BCUT2D eigenvalue weighted by Crippen LogP contribution is -2.39. The molecule has 0 amide bonds. The summed E-state index contributed by atoms with van der Waals surface area (Å²) in [5, 5.41) is 3.08. The van der Waals surface area contributed by atoms with Gasteiger partial charge < -0.3 is 5.32 Å². The largest absolute Gasteiger partial charge is 0.316 e. The third kappa shape index (κ3) is 2.05. The summed E-state index contributed by atoms with van der Waals surface area (Å²) in [5.74, 6) is -3.24. The van der Waals surface area contributed by atoms with Crippen LogP contribution in [0.4, 0.5) is 8.78 Å². The second kappa shape index (κ2) is 4.61. The van der Waals surface area contributed by atoms with Crippen molar-refractivity contribution in [2.24, 2.45) is 5.92 Å². The van der Waals surface area contributed by atoms with E-state index in [0.717, 1.165) is 37.8 Å². The van der Waals surface area contributed by atoms with Crippen LogP contribution in [0, 0.1) is 5.92 Å². The smallest absolute Gasteiger partial charge is 0.277 e. The van der Waals surface area contributed by atoms with Crippen LogP contribution < -0.4 is 5.32 Å². The van der Waals surface area contributed by atoms with Crippen LogP contribution in [-0.4, -0.2) is 13.1 Å². The van der Waals surface area contributed by atoms with Crippen LogP contribution in [0.25, 0.3) is 0 Å². The highest BCUT2D eigenvalue weighted by atomic mass is 19.3. The van der Waals surface area contributed by atoms with E-state index in [1.807, 2.05) is 6.07 Å². The number of benzene rings is 1. The summed E-state index contributed by atoms with van der Waals surface area (Å²) in [4.78, 5) is 0. The molecule has 1 fully saturated rings. The minimum atomic E-state index is -2.69. The van der Waals surface area contributed by atoms with Crippen LogP contribution in [0.3, 0.4) is 0 Å². The summed E-state index contributed by atoms with van der Waals surface area (Å²) in [6.07, 6.45) is 4.59. The molecule has 1 N–H and O–H groups in total. The molecule has 0 spiro atoms. The van der Waals surface area contributed by atoms with E-state index in [1.165, 1.54) is 5.56 Å². The van der Waals surface area contributed by atoms with Crippen LogP contribution in [0.15, 0.2) is 18.2 Å². The Kier molecular flexibility index (Phi) is 3.10. The van der Waals surface area contributed by atoms with Crippen molar-refractivity contribution in [1.29, 1.82) is 0 Å². The van der Waals surface area contributed by atoms with E-state index in [9.17, 15) is 8.78 Å². The number of alkyl halides is 2. The first-order chi connectivity index (χ1) is 8.68. The Balaban J connectivity index is 1.87. The van der Waals surface area contributed by atoms with Gasteiger partial charge in [0.2, 0.25) is 0 Å². The van der Waals surface area contributed by atoms with E-state index in [0.29, 0.717) is 13.0 Å². The standard InChI is InChI=1S/C15H19F2N/c16-15(17,14-5-2-8-18-10-14)13-7-6-11-3-1-4-12(11)9-13/h6-7,9,14,18H,1-5,8,10H2. The molecular formula is C15H19F2N. The summed E-state index contributed by atoms with van der Waals surface area (Å²) >= 11 is 0. The van der Waals surface area contributed by atoms with Gasteiger partial charge >= 0.3 is 0 Å². The highest BCUT2D eigenvalue weighted by molar-refractivity contribution is 5.37. The second-order valence-electron chi connectivity index (χ2n) is 5.50. The summed E-state index contributed by atoms with van der Waals surface area (Å²) in [5.41, 5.74) is 2.61. The Morgan fingerprint density at radius 1 is 1.11 bits per heavy atom. The number of piperidine rings is 1. The van der Waals surface area contributed by atoms with Gasteiger partial charge in [-0.15, -0.1) is 0 Å². The van der Waals surface area contributed by atoms with Crippen LogP contribution in [0.1, 0.15) is 36.0 Å². The molecule has 1 aliphatic carbocycles. The first kappa shape index (κ1) is 12.1. The highest BCUT2D eigenvalue weighted by Crippen LogP contribution is 2.40. The molecule has 3 rings (SSSR count). The summed E-state index contributed by atoms with van der Waals surface area (Å²) in [6.45, 7) is 1.31.